The number of nitrogens with one attached hydrogen (secondary N) is 1. The summed E-state index contributed by atoms with van der Waals surface area (Å²) in [5.41, 5.74) is 1.78. The highest BCUT2D eigenvalue weighted by molar-refractivity contribution is 7.13. The number of anilines is 2. The van der Waals surface area contributed by atoms with Crippen LogP contribution in [0, 0.1) is 5.41 Å². The molecule has 0 radical (unpaired) electrons. The smallest absolute Gasteiger partial charge is 0.229 e. The third kappa shape index (κ3) is 4.82. The maximum Gasteiger partial charge on any atom is 0.229 e. The zero-order chi connectivity index (χ0) is 21.1. The Hall–Kier alpha value is -2.44. The van der Waals surface area contributed by atoms with E-state index in [4.69, 9.17) is 4.37 Å². The minimum absolute atomic E-state index is 0.0426. The molecule has 2 heterocycles. The highest BCUT2D eigenvalue weighted by Gasteiger charge is 2.22. The van der Waals surface area contributed by atoms with Crippen molar-refractivity contribution in [3.8, 4) is 0 Å². The molecule has 30 heavy (non-hydrogen) atoms. The van der Waals surface area contributed by atoms with Crippen LogP contribution < -0.4 is 10.2 Å². The van der Waals surface area contributed by atoms with Crippen LogP contribution in [-0.2, 0) is 11.2 Å². The first-order valence-electron chi connectivity index (χ1n) is 10.6. The van der Waals surface area contributed by atoms with E-state index in [9.17, 15) is 4.79 Å². The van der Waals surface area contributed by atoms with E-state index in [0.717, 1.165) is 50.6 Å². The fourth-order valence-electron chi connectivity index (χ4n) is 3.64. The third-order valence-electron chi connectivity index (χ3n) is 5.64. The summed E-state index contributed by atoms with van der Waals surface area (Å²) in [5, 5.41) is 4.26. The Morgan fingerprint density at radius 3 is 2.43 bits per heavy atom. The molecule has 5 nitrogen and oxygen atoms in total. The Kier molecular flexibility index (Phi) is 6.06. The number of aromatic nitrogens is 1. The zero-order valence-electron chi connectivity index (χ0n) is 18.0. The average Bonchev–Trinajstić information content (AvgIpc) is 3.17. The summed E-state index contributed by atoms with van der Waals surface area (Å²) in [6, 6.07) is 16.7. The van der Waals surface area contributed by atoms with Crippen molar-refractivity contribution in [3.63, 3.8) is 0 Å². The molecule has 0 atom stereocenters. The van der Waals surface area contributed by atoms with Gasteiger partial charge in [0, 0.05) is 49.2 Å². The van der Waals surface area contributed by atoms with Gasteiger partial charge in [0.25, 0.3) is 0 Å². The Morgan fingerprint density at radius 1 is 1.03 bits per heavy atom. The second-order valence-electron chi connectivity index (χ2n) is 8.98. The summed E-state index contributed by atoms with van der Waals surface area (Å²) in [7, 11) is 0. The van der Waals surface area contributed by atoms with Crippen LogP contribution in [0.3, 0.4) is 0 Å². The molecule has 1 amide bonds. The molecule has 1 aliphatic heterocycles. The van der Waals surface area contributed by atoms with Crippen molar-refractivity contribution < 1.29 is 4.79 Å². The van der Waals surface area contributed by atoms with Gasteiger partial charge in [-0.1, -0.05) is 45.0 Å². The van der Waals surface area contributed by atoms with Crippen LogP contribution in [0.4, 0.5) is 11.5 Å². The lowest BCUT2D eigenvalue weighted by Crippen LogP contribution is -2.47. The van der Waals surface area contributed by atoms with E-state index in [-0.39, 0.29) is 11.3 Å². The predicted octanol–water partition coefficient (Wildman–Crippen LogP) is 4.65. The van der Waals surface area contributed by atoms with Crippen molar-refractivity contribution in [3.05, 3.63) is 54.1 Å². The fourth-order valence-corrected chi connectivity index (χ4v) is 4.44. The first kappa shape index (κ1) is 20.8. The lowest BCUT2D eigenvalue weighted by Gasteiger charge is -2.35. The monoisotopic (exact) mass is 422 g/mol. The number of hydrogen-bond donors (Lipinski definition) is 1. The van der Waals surface area contributed by atoms with Gasteiger partial charge < -0.3 is 10.2 Å². The molecule has 1 fully saturated rings. The number of rotatable bonds is 5. The minimum atomic E-state index is -0.383. The maximum atomic E-state index is 12.1. The molecular formula is C24H30N4OS. The molecule has 4 rings (SSSR count). The molecule has 1 aliphatic rings. The molecule has 1 saturated heterocycles. The molecule has 0 saturated carbocycles. The van der Waals surface area contributed by atoms with Gasteiger partial charge >= 0.3 is 0 Å². The van der Waals surface area contributed by atoms with Crippen LogP contribution in [0.5, 0.6) is 0 Å². The topological polar surface area (TPSA) is 48.5 Å². The number of hydrogen-bond acceptors (Lipinski definition) is 5. The summed E-state index contributed by atoms with van der Waals surface area (Å²) in [6.45, 7) is 11.0. The van der Waals surface area contributed by atoms with Gasteiger partial charge in [-0.15, -0.1) is 0 Å². The molecule has 0 aliphatic carbocycles. The van der Waals surface area contributed by atoms with Crippen LogP contribution in [0.15, 0.2) is 48.5 Å². The van der Waals surface area contributed by atoms with Gasteiger partial charge in [-0.05, 0) is 47.8 Å². The number of piperazine rings is 1. The third-order valence-corrected chi connectivity index (χ3v) is 6.46. The number of carbonyl (C=O) groups is 1. The fraction of sp³-hybridized carbons (Fsp3) is 0.417. The van der Waals surface area contributed by atoms with Gasteiger partial charge in [0.15, 0.2) is 0 Å². The normalized spacial score (nSPS) is 15.5. The van der Waals surface area contributed by atoms with E-state index in [0.29, 0.717) is 0 Å². The van der Waals surface area contributed by atoms with E-state index in [1.165, 1.54) is 15.6 Å². The molecule has 1 N–H and O–H groups in total. The van der Waals surface area contributed by atoms with Gasteiger partial charge in [0.1, 0.15) is 5.82 Å². The van der Waals surface area contributed by atoms with Crippen LogP contribution in [-0.4, -0.2) is 47.9 Å². The van der Waals surface area contributed by atoms with Crippen molar-refractivity contribution in [2.24, 2.45) is 5.41 Å². The highest BCUT2D eigenvalue weighted by atomic mass is 32.1. The van der Waals surface area contributed by atoms with Crippen LogP contribution in [0.25, 0.3) is 10.1 Å². The van der Waals surface area contributed by atoms with E-state index in [1.54, 1.807) is 11.5 Å². The summed E-state index contributed by atoms with van der Waals surface area (Å²) in [4.78, 5) is 17.1. The lowest BCUT2D eigenvalue weighted by molar-refractivity contribution is -0.123. The molecule has 3 aromatic rings. The van der Waals surface area contributed by atoms with Crippen molar-refractivity contribution >= 4 is 39.0 Å². The Morgan fingerprint density at radius 2 is 1.73 bits per heavy atom. The van der Waals surface area contributed by atoms with Gasteiger partial charge in [-0.3, -0.25) is 9.69 Å². The van der Waals surface area contributed by atoms with E-state index in [1.807, 2.05) is 32.9 Å². The standard InChI is InChI=1S/C24H30N4OS/c1-24(2,3)23(29)25-19-10-8-18(9-11-19)12-13-27-14-16-28(17-15-27)22-20-6-4-5-7-21(20)30-26-22/h4-11H,12-17H2,1-3H3,(H,25,29). The van der Waals surface area contributed by atoms with Crippen molar-refractivity contribution in [2.45, 2.75) is 27.2 Å². The largest absolute Gasteiger partial charge is 0.353 e. The lowest BCUT2D eigenvalue weighted by atomic mass is 9.95. The average molecular weight is 423 g/mol. The highest BCUT2D eigenvalue weighted by Crippen LogP contribution is 2.29. The molecule has 158 valence electrons. The molecule has 0 spiro atoms. The van der Waals surface area contributed by atoms with Crippen LogP contribution >= 0.6 is 11.5 Å². The van der Waals surface area contributed by atoms with Gasteiger partial charge in [0.2, 0.25) is 5.91 Å². The van der Waals surface area contributed by atoms with Crippen LogP contribution in [0.1, 0.15) is 26.3 Å². The van der Waals surface area contributed by atoms with Gasteiger partial charge in [0.05, 0.1) is 4.70 Å². The van der Waals surface area contributed by atoms with E-state index >= 15 is 0 Å². The Labute approximate surface area is 182 Å². The van der Waals surface area contributed by atoms with E-state index < -0.39 is 0 Å². The second kappa shape index (κ2) is 8.74. The SMILES string of the molecule is CC(C)(C)C(=O)Nc1ccc(CCN2CCN(c3nsc4ccccc34)CC2)cc1. The minimum Gasteiger partial charge on any atom is -0.353 e. The van der Waals surface area contributed by atoms with Gasteiger partial charge in [-0.2, -0.15) is 4.37 Å². The number of amides is 1. The summed E-state index contributed by atoms with van der Waals surface area (Å²) in [5.74, 6) is 1.18. The molecular weight excluding hydrogens is 392 g/mol. The molecule has 0 unspecified atom stereocenters. The summed E-state index contributed by atoms with van der Waals surface area (Å²) >= 11 is 1.59. The van der Waals surface area contributed by atoms with E-state index in [2.05, 4.69) is 51.5 Å². The molecule has 2 aromatic carbocycles. The van der Waals surface area contributed by atoms with Crippen molar-refractivity contribution in [1.82, 2.24) is 9.27 Å². The van der Waals surface area contributed by atoms with Crippen molar-refractivity contribution in [2.75, 3.05) is 42.9 Å². The Bertz CT molecular complexity index is 998. The summed E-state index contributed by atoms with van der Waals surface area (Å²) < 4.78 is 5.96. The van der Waals surface area contributed by atoms with Crippen LogP contribution in [0.2, 0.25) is 0 Å². The first-order valence-corrected chi connectivity index (χ1v) is 11.4. The zero-order valence-corrected chi connectivity index (χ0v) is 18.8. The molecule has 1 aromatic heterocycles. The quantitative estimate of drug-likeness (QED) is 0.650. The predicted molar refractivity (Wildman–Crippen MR) is 127 cm³/mol. The summed E-state index contributed by atoms with van der Waals surface area (Å²) in [6.07, 6.45) is 1.02. The van der Waals surface area contributed by atoms with Crippen molar-refractivity contribution in [1.29, 1.82) is 0 Å². The van der Waals surface area contributed by atoms with Gasteiger partial charge in [-0.25, -0.2) is 0 Å². The Balaban J connectivity index is 1.26. The number of fused-ring (bicyclic) bond motifs is 1. The number of carbonyl (C=O) groups excluding carboxylic acids is 1. The molecule has 6 heteroatoms. The number of nitrogens with zero attached hydrogens (tertiary/aromatic N) is 3. The number of benzene rings is 2. The first-order chi connectivity index (χ1) is 14.4. The molecule has 0 bridgehead atoms. The maximum absolute atomic E-state index is 12.1. The second-order valence-corrected chi connectivity index (χ2v) is 9.79.